The molecule has 0 atom stereocenters. The second-order valence-electron chi connectivity index (χ2n) is 18.5. The van der Waals surface area contributed by atoms with Gasteiger partial charge in [0.1, 0.15) is 5.82 Å². The Hall–Kier alpha value is -7.98. The summed E-state index contributed by atoms with van der Waals surface area (Å²) in [5.74, 6) is 1.97. The number of hydrogen-bond donors (Lipinski definition) is 0. The number of anilines is 4. The van der Waals surface area contributed by atoms with Crippen LogP contribution in [0.4, 0.5) is 22.7 Å². The smallest absolute Gasteiger partial charge is 0.135 e. The molecule has 0 N–H and O–H groups in total. The van der Waals surface area contributed by atoms with Crippen LogP contribution in [0.1, 0.15) is 26.3 Å². The second-order valence-corrected chi connectivity index (χ2v) is 18.5. The van der Waals surface area contributed by atoms with Gasteiger partial charge in [-0.15, -0.1) is 53.6 Å². The van der Waals surface area contributed by atoms with Gasteiger partial charge in [-0.25, -0.2) is 4.98 Å². The predicted molar refractivity (Wildman–Crippen MR) is 285 cm³/mol. The van der Waals surface area contributed by atoms with Crippen molar-refractivity contribution in [2.45, 2.75) is 26.2 Å². The van der Waals surface area contributed by atoms with Gasteiger partial charge in [0.25, 0.3) is 0 Å². The molecule has 0 fully saturated rings. The van der Waals surface area contributed by atoms with Crippen molar-refractivity contribution in [1.29, 1.82) is 0 Å². The molecule has 0 unspecified atom stereocenters. The number of rotatable bonds is 9. The molecule has 5 nitrogen and oxygen atoms in total. The monoisotopic (exact) mass is 1080 g/mol. The molecule has 0 aliphatic carbocycles. The predicted octanol–water partition coefficient (Wildman–Crippen LogP) is 16.9. The van der Waals surface area contributed by atoms with Gasteiger partial charge >= 0.3 is 0 Å². The average molecular weight is 1080 g/mol. The summed E-state index contributed by atoms with van der Waals surface area (Å²) in [6.07, 6.45) is 1.91. The second kappa shape index (κ2) is 18.5. The van der Waals surface area contributed by atoms with Crippen molar-refractivity contribution in [3.8, 4) is 61.8 Å². The van der Waals surface area contributed by atoms with Crippen molar-refractivity contribution in [3.05, 3.63) is 249 Å². The fourth-order valence-electron chi connectivity index (χ4n) is 9.69. The zero-order chi connectivity index (χ0) is 46.5. The molecule has 6 heteroatoms. The van der Waals surface area contributed by atoms with E-state index in [1.807, 2.05) is 12.3 Å². The van der Waals surface area contributed by atoms with Crippen LogP contribution < -0.4 is 14.5 Å². The van der Waals surface area contributed by atoms with Crippen molar-refractivity contribution in [1.82, 2.24) is 9.55 Å². The Balaban J connectivity index is 0.00000533. The Morgan fingerprint density at radius 3 is 1.73 bits per heavy atom. The van der Waals surface area contributed by atoms with Crippen LogP contribution in [-0.2, 0) is 26.5 Å². The van der Waals surface area contributed by atoms with Crippen LogP contribution in [0.2, 0.25) is 0 Å². The van der Waals surface area contributed by atoms with Gasteiger partial charge in [-0.2, -0.15) is 6.07 Å². The Kier molecular flexibility index (Phi) is 11.8. The van der Waals surface area contributed by atoms with Crippen molar-refractivity contribution in [3.63, 3.8) is 0 Å². The minimum atomic E-state index is -0.0545. The van der Waals surface area contributed by atoms with E-state index in [-0.39, 0.29) is 26.5 Å². The topological polar surface area (TPSA) is 33.5 Å². The number of para-hydroxylation sites is 4. The van der Waals surface area contributed by atoms with Gasteiger partial charge in [0, 0.05) is 61.3 Å². The summed E-state index contributed by atoms with van der Waals surface area (Å²) in [6, 6.07) is 84.6. The summed E-state index contributed by atoms with van der Waals surface area (Å²) in [4.78, 5) is 9.39. The van der Waals surface area contributed by atoms with Gasteiger partial charge in [-0.05, 0) is 110 Å². The molecular formula is C64H47N4OPt-3. The number of ether oxygens (including phenoxy) is 1. The van der Waals surface area contributed by atoms with Crippen LogP contribution in [0, 0.1) is 18.8 Å². The maximum atomic E-state index is 7.10. The SMILES string of the molecule is CC(C)(C)c1ccnc(-n2c3[c-]c(Oc4[c-]c(N5[CH-]N(c6ccccc6)c6ccccc65)cc(-c5c(-c6ccccc6)cc(-c6ccccc6)cc5-c5ccccc5)c4)ccc3c3ccccc32)c1.[Pt]. The third kappa shape index (κ3) is 8.27. The molecule has 0 radical (unpaired) electrons. The van der Waals surface area contributed by atoms with Crippen LogP contribution in [0.5, 0.6) is 11.5 Å². The number of nitrogens with zero attached hydrogens (tertiary/aromatic N) is 4. The average Bonchev–Trinajstić information content (AvgIpc) is 3.95. The van der Waals surface area contributed by atoms with E-state index in [2.05, 4.69) is 266 Å². The fraction of sp³-hybridized carbons (Fsp3) is 0.0625. The van der Waals surface area contributed by atoms with Crippen molar-refractivity contribution in [2.24, 2.45) is 0 Å². The molecule has 9 aromatic carbocycles. The molecule has 0 spiro atoms. The zero-order valence-electron chi connectivity index (χ0n) is 39.0. The molecule has 1 aliphatic heterocycles. The molecule has 0 saturated heterocycles. The van der Waals surface area contributed by atoms with Gasteiger partial charge in [0.15, 0.2) is 0 Å². The van der Waals surface area contributed by atoms with Crippen molar-refractivity contribution in [2.75, 3.05) is 9.80 Å². The number of benzene rings is 9. The van der Waals surface area contributed by atoms with Crippen molar-refractivity contribution >= 4 is 44.6 Å². The maximum Gasteiger partial charge on any atom is 0.135 e. The normalized spacial score (nSPS) is 12.3. The summed E-state index contributed by atoms with van der Waals surface area (Å²) < 4.78 is 9.31. The molecule has 0 saturated carbocycles. The Morgan fingerprint density at radius 1 is 0.486 bits per heavy atom. The van der Waals surface area contributed by atoms with E-state index in [0.29, 0.717) is 11.5 Å². The molecule has 0 amide bonds. The van der Waals surface area contributed by atoms with Gasteiger partial charge in [0.05, 0.1) is 0 Å². The fourth-order valence-corrected chi connectivity index (χ4v) is 9.69. The van der Waals surface area contributed by atoms with Crippen LogP contribution in [0.15, 0.2) is 225 Å². The summed E-state index contributed by atoms with van der Waals surface area (Å²) in [5.41, 5.74) is 15.9. The number of hydrogen-bond acceptors (Lipinski definition) is 4. The Morgan fingerprint density at radius 2 is 1.07 bits per heavy atom. The largest absolute Gasteiger partial charge is 0.509 e. The van der Waals surface area contributed by atoms with E-state index in [4.69, 9.17) is 9.72 Å². The van der Waals surface area contributed by atoms with Gasteiger partial charge in [-0.1, -0.05) is 166 Å². The first-order chi connectivity index (χ1) is 33.8. The standard InChI is InChI=1S/C64H47N4O.Pt/c1-64(2,3)49-34-35-65-62(40-49)68-58-29-17-16-28-54(58)55-33-32-52(42-61(55)68)69-53-37-48(36-51(41-53)67-43-66(50-26-14-7-15-27-50)59-30-18-19-31-60(59)67)63-56(45-22-10-5-11-23-45)38-47(44-20-8-4-9-21-44)39-57(63)46-24-12-6-13-25-46;/h4-40,43H,1-3H3;/q-3;. The van der Waals surface area contributed by atoms with Crippen LogP contribution in [0.3, 0.4) is 0 Å². The summed E-state index contributed by atoms with van der Waals surface area (Å²) in [6.45, 7) is 8.85. The molecule has 12 rings (SSSR count). The van der Waals surface area contributed by atoms with Crippen molar-refractivity contribution < 1.29 is 25.8 Å². The first-order valence-corrected chi connectivity index (χ1v) is 23.4. The molecule has 342 valence electrons. The third-order valence-electron chi connectivity index (χ3n) is 13.1. The van der Waals surface area contributed by atoms with E-state index < -0.39 is 0 Å². The van der Waals surface area contributed by atoms with E-state index in [0.717, 1.165) is 94.9 Å². The zero-order valence-corrected chi connectivity index (χ0v) is 41.2. The number of fused-ring (bicyclic) bond motifs is 4. The number of pyridine rings is 1. The number of aromatic nitrogens is 2. The Bertz CT molecular complexity index is 3600. The van der Waals surface area contributed by atoms with E-state index >= 15 is 0 Å². The first kappa shape index (κ1) is 44.5. The quantitative estimate of drug-likeness (QED) is 0.135. The van der Waals surface area contributed by atoms with Gasteiger partial charge < -0.3 is 19.1 Å². The first-order valence-electron chi connectivity index (χ1n) is 23.4. The maximum absolute atomic E-state index is 7.10. The van der Waals surface area contributed by atoms with E-state index in [1.54, 1.807) is 0 Å². The summed E-state index contributed by atoms with van der Waals surface area (Å²) in [7, 11) is 0. The van der Waals surface area contributed by atoms with E-state index in [1.165, 1.54) is 5.56 Å². The third-order valence-corrected chi connectivity index (χ3v) is 13.1. The summed E-state index contributed by atoms with van der Waals surface area (Å²) in [5, 5.41) is 2.20. The molecule has 0 bridgehead atoms. The summed E-state index contributed by atoms with van der Waals surface area (Å²) >= 11 is 0. The molecule has 11 aromatic rings. The molecule has 1 aliphatic rings. The van der Waals surface area contributed by atoms with Crippen LogP contribution in [-0.4, -0.2) is 9.55 Å². The molecule has 3 heterocycles. The Labute approximate surface area is 424 Å². The van der Waals surface area contributed by atoms with Gasteiger partial charge in [-0.3, -0.25) is 0 Å². The van der Waals surface area contributed by atoms with E-state index in [9.17, 15) is 0 Å². The molecule has 2 aromatic heterocycles. The minimum Gasteiger partial charge on any atom is -0.509 e. The van der Waals surface area contributed by atoms with Gasteiger partial charge in [0.2, 0.25) is 0 Å². The van der Waals surface area contributed by atoms with Crippen LogP contribution in [0.25, 0.3) is 72.1 Å². The van der Waals surface area contributed by atoms with Crippen LogP contribution >= 0.6 is 0 Å². The molecular weight excluding hydrogens is 1040 g/mol. The minimum absolute atomic E-state index is 0. The molecule has 70 heavy (non-hydrogen) atoms.